The molecule has 0 fully saturated rings. The molecule has 0 heterocycles. The Kier molecular flexibility index (Phi) is 7.17. The molecular formula is C18H23NO5. The van der Waals surface area contributed by atoms with Crippen LogP contribution in [0.15, 0.2) is 42.5 Å². The summed E-state index contributed by atoms with van der Waals surface area (Å²) < 4.78 is 9.64. The highest BCUT2D eigenvalue weighted by Crippen LogP contribution is 2.09. The SMILES string of the molecule is COC(=O)/C=C/C(=O)[C@H](Cc1ccccc1)NC(=O)OC(C)(C)C. The minimum atomic E-state index is -0.844. The summed E-state index contributed by atoms with van der Waals surface area (Å²) in [6.07, 6.45) is 1.71. The van der Waals surface area contributed by atoms with Crippen LogP contribution in [0, 0.1) is 0 Å². The molecule has 130 valence electrons. The van der Waals surface area contributed by atoms with Gasteiger partial charge in [-0.1, -0.05) is 30.3 Å². The van der Waals surface area contributed by atoms with Gasteiger partial charge in [-0.2, -0.15) is 0 Å². The summed E-state index contributed by atoms with van der Waals surface area (Å²) in [6.45, 7) is 5.20. The van der Waals surface area contributed by atoms with Gasteiger partial charge in [0.2, 0.25) is 0 Å². The van der Waals surface area contributed by atoms with Gasteiger partial charge in [0.15, 0.2) is 5.78 Å². The van der Waals surface area contributed by atoms with E-state index in [1.165, 1.54) is 7.11 Å². The zero-order valence-corrected chi connectivity index (χ0v) is 14.4. The minimum absolute atomic E-state index is 0.282. The Morgan fingerprint density at radius 1 is 1.12 bits per heavy atom. The topological polar surface area (TPSA) is 81.7 Å². The van der Waals surface area contributed by atoms with Gasteiger partial charge in [-0.05, 0) is 32.4 Å². The third-order valence-corrected chi connectivity index (χ3v) is 2.90. The molecule has 0 aromatic heterocycles. The highest BCUT2D eigenvalue weighted by atomic mass is 16.6. The van der Waals surface area contributed by atoms with Crippen LogP contribution in [-0.2, 0) is 25.5 Å². The number of carbonyl (C=O) groups excluding carboxylic acids is 3. The average molecular weight is 333 g/mol. The number of ether oxygens (including phenoxy) is 2. The summed E-state index contributed by atoms with van der Waals surface area (Å²) in [5.74, 6) is -1.06. The highest BCUT2D eigenvalue weighted by molar-refractivity contribution is 6.00. The first-order chi connectivity index (χ1) is 11.2. The van der Waals surface area contributed by atoms with E-state index < -0.39 is 29.5 Å². The zero-order valence-electron chi connectivity index (χ0n) is 14.4. The molecule has 0 radical (unpaired) electrons. The highest BCUT2D eigenvalue weighted by Gasteiger charge is 2.23. The lowest BCUT2D eigenvalue weighted by Crippen LogP contribution is -2.44. The third kappa shape index (κ3) is 7.58. The molecule has 0 aliphatic heterocycles. The van der Waals surface area contributed by atoms with Gasteiger partial charge in [0, 0.05) is 12.5 Å². The molecule has 1 atom stereocenters. The number of esters is 1. The van der Waals surface area contributed by atoms with Crippen molar-refractivity contribution in [3.63, 3.8) is 0 Å². The first-order valence-electron chi connectivity index (χ1n) is 7.54. The second-order valence-electron chi connectivity index (χ2n) is 6.15. The van der Waals surface area contributed by atoms with Gasteiger partial charge >= 0.3 is 12.1 Å². The fraction of sp³-hybridized carbons (Fsp3) is 0.389. The van der Waals surface area contributed by atoms with Crippen molar-refractivity contribution in [3.8, 4) is 0 Å². The Morgan fingerprint density at radius 2 is 1.75 bits per heavy atom. The van der Waals surface area contributed by atoms with Crippen molar-refractivity contribution in [2.75, 3.05) is 7.11 Å². The van der Waals surface area contributed by atoms with Crippen LogP contribution in [0.2, 0.25) is 0 Å². The zero-order chi connectivity index (χ0) is 18.2. The molecule has 0 spiro atoms. The second-order valence-corrected chi connectivity index (χ2v) is 6.15. The quantitative estimate of drug-likeness (QED) is 0.639. The van der Waals surface area contributed by atoms with Crippen molar-refractivity contribution < 1.29 is 23.9 Å². The maximum absolute atomic E-state index is 12.3. The summed E-state index contributed by atoms with van der Waals surface area (Å²) in [5.41, 5.74) is 0.199. The fourth-order valence-corrected chi connectivity index (χ4v) is 1.86. The van der Waals surface area contributed by atoms with Gasteiger partial charge in [-0.15, -0.1) is 0 Å². The van der Waals surface area contributed by atoms with E-state index in [1.807, 2.05) is 30.3 Å². The molecule has 0 saturated heterocycles. The fourth-order valence-electron chi connectivity index (χ4n) is 1.86. The molecule has 1 N–H and O–H groups in total. The van der Waals surface area contributed by atoms with E-state index in [0.29, 0.717) is 0 Å². The van der Waals surface area contributed by atoms with Crippen LogP contribution >= 0.6 is 0 Å². The minimum Gasteiger partial charge on any atom is -0.466 e. The van der Waals surface area contributed by atoms with E-state index in [4.69, 9.17) is 4.74 Å². The second kappa shape index (κ2) is 8.86. The number of benzene rings is 1. The van der Waals surface area contributed by atoms with Gasteiger partial charge < -0.3 is 14.8 Å². The van der Waals surface area contributed by atoms with Gasteiger partial charge in [-0.3, -0.25) is 4.79 Å². The lowest BCUT2D eigenvalue weighted by atomic mass is 10.0. The maximum atomic E-state index is 12.3. The molecule has 1 rings (SSSR count). The van der Waals surface area contributed by atoms with E-state index in [-0.39, 0.29) is 6.42 Å². The normalized spacial score (nSPS) is 12.5. The molecule has 0 bridgehead atoms. The third-order valence-electron chi connectivity index (χ3n) is 2.90. The maximum Gasteiger partial charge on any atom is 0.408 e. The Bertz CT molecular complexity index is 602. The predicted molar refractivity (Wildman–Crippen MR) is 89.5 cm³/mol. The summed E-state index contributed by atoms with van der Waals surface area (Å²) >= 11 is 0. The van der Waals surface area contributed by atoms with E-state index >= 15 is 0 Å². The van der Waals surface area contributed by atoms with Crippen LogP contribution in [0.3, 0.4) is 0 Å². The molecule has 1 aromatic carbocycles. The van der Waals surface area contributed by atoms with Crippen molar-refractivity contribution >= 4 is 17.8 Å². The molecule has 6 nitrogen and oxygen atoms in total. The largest absolute Gasteiger partial charge is 0.466 e. The van der Waals surface area contributed by atoms with Gasteiger partial charge in [-0.25, -0.2) is 9.59 Å². The van der Waals surface area contributed by atoms with E-state index in [1.54, 1.807) is 20.8 Å². The predicted octanol–water partition coefficient (Wildman–Crippen LogP) is 2.42. The lowest BCUT2D eigenvalue weighted by molar-refractivity contribution is -0.135. The number of nitrogens with one attached hydrogen (secondary N) is 1. The standard InChI is InChI=1S/C18H23NO5/c1-18(2,3)24-17(22)19-14(12-13-8-6-5-7-9-13)15(20)10-11-16(21)23-4/h5-11,14H,12H2,1-4H3,(H,19,22)/b11-10+/t14-/m0/s1. The lowest BCUT2D eigenvalue weighted by Gasteiger charge is -2.22. The number of alkyl carbamates (subject to hydrolysis) is 1. The number of ketones is 1. The first-order valence-corrected chi connectivity index (χ1v) is 7.54. The van der Waals surface area contributed by atoms with E-state index in [2.05, 4.69) is 10.1 Å². The van der Waals surface area contributed by atoms with Crippen LogP contribution < -0.4 is 5.32 Å². The number of methoxy groups -OCH3 is 1. The number of hydrogen-bond acceptors (Lipinski definition) is 5. The monoisotopic (exact) mass is 333 g/mol. The summed E-state index contributed by atoms with van der Waals surface area (Å²) in [4.78, 5) is 35.4. The molecule has 0 aliphatic rings. The van der Waals surface area contributed by atoms with Crippen molar-refractivity contribution in [2.45, 2.75) is 38.8 Å². The number of hydrogen-bond donors (Lipinski definition) is 1. The van der Waals surface area contributed by atoms with E-state index in [9.17, 15) is 14.4 Å². The van der Waals surface area contributed by atoms with Gasteiger partial charge in [0.1, 0.15) is 5.60 Å². The molecular weight excluding hydrogens is 310 g/mol. The molecule has 0 aliphatic carbocycles. The van der Waals surface area contributed by atoms with Crippen LogP contribution in [0.25, 0.3) is 0 Å². The Morgan fingerprint density at radius 3 is 2.29 bits per heavy atom. The molecule has 6 heteroatoms. The van der Waals surface area contributed by atoms with Crippen LogP contribution in [0.1, 0.15) is 26.3 Å². The van der Waals surface area contributed by atoms with Crippen LogP contribution in [-0.4, -0.2) is 36.6 Å². The smallest absolute Gasteiger partial charge is 0.408 e. The van der Waals surface area contributed by atoms with E-state index in [0.717, 1.165) is 17.7 Å². The molecule has 1 amide bonds. The van der Waals surface area contributed by atoms with Crippen molar-refractivity contribution in [2.24, 2.45) is 0 Å². The van der Waals surface area contributed by atoms with Crippen molar-refractivity contribution in [3.05, 3.63) is 48.0 Å². The summed E-state index contributed by atoms with van der Waals surface area (Å²) in [7, 11) is 1.22. The van der Waals surface area contributed by atoms with Crippen LogP contribution in [0.4, 0.5) is 4.79 Å². The first kappa shape index (κ1) is 19.4. The molecule has 1 aromatic rings. The van der Waals surface area contributed by atoms with Crippen molar-refractivity contribution in [1.82, 2.24) is 5.32 Å². The Hall–Kier alpha value is -2.63. The van der Waals surface area contributed by atoms with Gasteiger partial charge in [0.25, 0.3) is 0 Å². The average Bonchev–Trinajstić information content (AvgIpc) is 2.50. The number of carbonyl (C=O) groups is 3. The molecule has 24 heavy (non-hydrogen) atoms. The number of amides is 1. The number of rotatable bonds is 6. The van der Waals surface area contributed by atoms with Crippen molar-refractivity contribution in [1.29, 1.82) is 0 Å². The Labute approximate surface area is 141 Å². The summed E-state index contributed by atoms with van der Waals surface area (Å²) in [6, 6.07) is 8.40. The van der Waals surface area contributed by atoms with Gasteiger partial charge in [0.05, 0.1) is 13.2 Å². The molecule has 0 saturated carbocycles. The molecule has 0 unspecified atom stereocenters. The van der Waals surface area contributed by atoms with Crippen LogP contribution in [0.5, 0.6) is 0 Å². The summed E-state index contributed by atoms with van der Waals surface area (Å²) in [5, 5.41) is 2.55. The Balaban J connectivity index is 2.86.